The summed E-state index contributed by atoms with van der Waals surface area (Å²) in [5, 5.41) is 2.77. The Morgan fingerprint density at radius 3 is 2.38 bits per heavy atom. The fraction of sp³-hybridized carbons (Fsp3) is 0.185. The van der Waals surface area contributed by atoms with Crippen molar-refractivity contribution >= 4 is 29.2 Å². The first-order valence-electron chi connectivity index (χ1n) is 11.1. The topological polar surface area (TPSA) is 92.8 Å². The van der Waals surface area contributed by atoms with E-state index in [-0.39, 0.29) is 41.0 Å². The van der Waals surface area contributed by atoms with E-state index < -0.39 is 11.8 Å². The Morgan fingerprint density at radius 1 is 0.853 bits per heavy atom. The summed E-state index contributed by atoms with van der Waals surface area (Å²) in [6, 6.07) is 20.0. The van der Waals surface area contributed by atoms with Crippen LogP contribution in [0.5, 0.6) is 0 Å². The molecule has 170 valence electrons. The van der Waals surface area contributed by atoms with Gasteiger partial charge in [-0.1, -0.05) is 42.5 Å². The number of carbonyl (C=O) groups excluding carboxylic acids is 4. The van der Waals surface area contributed by atoms with Crippen LogP contribution >= 0.6 is 0 Å². The minimum atomic E-state index is -0.440. The molecule has 1 atom stereocenters. The number of ketones is 1. The van der Waals surface area contributed by atoms with E-state index in [1.165, 1.54) is 23.1 Å². The van der Waals surface area contributed by atoms with E-state index in [9.17, 15) is 19.2 Å². The lowest BCUT2D eigenvalue weighted by molar-refractivity contribution is 0.0475. The zero-order valence-corrected chi connectivity index (χ0v) is 18.3. The van der Waals surface area contributed by atoms with Gasteiger partial charge < -0.3 is 10.1 Å². The molecule has 7 heteroatoms. The smallest absolute Gasteiger partial charge is 0.261 e. The number of carbonyl (C=O) groups is 4. The molecule has 1 N–H and O–H groups in total. The molecule has 1 unspecified atom stereocenters. The number of fused-ring (bicyclic) bond motifs is 1. The summed E-state index contributed by atoms with van der Waals surface area (Å²) in [7, 11) is 0. The maximum absolute atomic E-state index is 12.9. The maximum atomic E-state index is 12.9. The highest BCUT2D eigenvalue weighted by molar-refractivity contribution is 6.22. The molecule has 2 aliphatic heterocycles. The number of imide groups is 1. The average molecular weight is 454 g/mol. The lowest BCUT2D eigenvalue weighted by atomic mass is 10.0. The third-order valence-electron chi connectivity index (χ3n) is 6.06. The van der Waals surface area contributed by atoms with Crippen LogP contribution in [0.25, 0.3) is 0 Å². The number of nitrogens with zero attached hydrogens (tertiary/aromatic N) is 1. The summed E-state index contributed by atoms with van der Waals surface area (Å²) < 4.78 is 5.56. The van der Waals surface area contributed by atoms with Gasteiger partial charge in [0.2, 0.25) is 0 Å². The number of hydrogen-bond acceptors (Lipinski definition) is 5. The third-order valence-corrected chi connectivity index (χ3v) is 6.06. The van der Waals surface area contributed by atoms with Gasteiger partial charge in [0, 0.05) is 29.0 Å². The van der Waals surface area contributed by atoms with Crippen molar-refractivity contribution in [3.63, 3.8) is 0 Å². The van der Waals surface area contributed by atoms with Crippen molar-refractivity contribution in [1.29, 1.82) is 0 Å². The molecule has 2 aliphatic rings. The van der Waals surface area contributed by atoms with E-state index in [4.69, 9.17) is 4.74 Å². The molecular weight excluding hydrogens is 432 g/mol. The Labute approximate surface area is 196 Å². The van der Waals surface area contributed by atoms with Crippen molar-refractivity contribution in [1.82, 2.24) is 4.90 Å². The second-order valence-corrected chi connectivity index (χ2v) is 8.35. The molecule has 0 radical (unpaired) electrons. The highest BCUT2D eigenvalue weighted by atomic mass is 16.5. The van der Waals surface area contributed by atoms with Crippen molar-refractivity contribution in [2.45, 2.75) is 18.9 Å². The first-order valence-corrected chi connectivity index (χ1v) is 11.1. The standard InChI is InChI=1S/C27H22N2O5/c30-24(17-6-2-1-3-7-17)18-8-4-9-20(14-18)28-25(31)19-11-12-22-23(15-19)27(33)29(26(22)32)16-21-10-5-13-34-21/h1-4,6-9,11-12,14-15,21H,5,10,13,16H2,(H,28,31). The molecule has 0 spiro atoms. The molecule has 3 amide bonds. The van der Waals surface area contributed by atoms with E-state index >= 15 is 0 Å². The van der Waals surface area contributed by atoms with Crippen molar-refractivity contribution in [2.24, 2.45) is 0 Å². The lowest BCUT2D eigenvalue weighted by Gasteiger charge is -2.17. The van der Waals surface area contributed by atoms with Crippen LogP contribution in [0, 0.1) is 0 Å². The molecule has 3 aromatic rings. The Balaban J connectivity index is 1.32. The monoisotopic (exact) mass is 454 g/mol. The summed E-state index contributed by atoms with van der Waals surface area (Å²) in [5.74, 6) is -1.37. The number of nitrogens with one attached hydrogen (secondary N) is 1. The van der Waals surface area contributed by atoms with Gasteiger partial charge in [-0.15, -0.1) is 0 Å². The van der Waals surface area contributed by atoms with E-state index in [0.717, 1.165) is 12.8 Å². The molecule has 0 bridgehead atoms. The van der Waals surface area contributed by atoms with Crippen LogP contribution in [-0.4, -0.2) is 47.7 Å². The van der Waals surface area contributed by atoms with Crippen LogP contribution in [-0.2, 0) is 4.74 Å². The van der Waals surface area contributed by atoms with Gasteiger partial charge in [0.1, 0.15) is 0 Å². The second-order valence-electron chi connectivity index (χ2n) is 8.35. The van der Waals surface area contributed by atoms with Crippen LogP contribution in [0.3, 0.4) is 0 Å². The van der Waals surface area contributed by atoms with Gasteiger partial charge in [-0.05, 0) is 43.2 Å². The molecule has 5 rings (SSSR count). The zero-order valence-electron chi connectivity index (χ0n) is 18.3. The number of anilines is 1. The normalized spacial score (nSPS) is 17.1. The summed E-state index contributed by atoms with van der Waals surface area (Å²) in [5.41, 5.74) is 2.20. The first kappa shape index (κ1) is 21.7. The Hall–Kier alpha value is -4.10. The van der Waals surface area contributed by atoms with Gasteiger partial charge in [-0.25, -0.2) is 0 Å². The molecule has 0 saturated carbocycles. The molecule has 0 aliphatic carbocycles. The van der Waals surface area contributed by atoms with Crippen molar-refractivity contribution in [2.75, 3.05) is 18.5 Å². The summed E-state index contributed by atoms with van der Waals surface area (Å²) in [4.78, 5) is 52.4. The van der Waals surface area contributed by atoms with Gasteiger partial charge >= 0.3 is 0 Å². The minimum Gasteiger partial charge on any atom is -0.376 e. The van der Waals surface area contributed by atoms with Crippen molar-refractivity contribution in [3.8, 4) is 0 Å². The van der Waals surface area contributed by atoms with E-state index in [1.807, 2.05) is 6.07 Å². The van der Waals surface area contributed by atoms with Crippen molar-refractivity contribution < 1.29 is 23.9 Å². The van der Waals surface area contributed by atoms with Crippen LogP contribution in [0.1, 0.15) is 59.8 Å². The van der Waals surface area contributed by atoms with Crippen LogP contribution in [0.2, 0.25) is 0 Å². The second kappa shape index (κ2) is 9.03. The fourth-order valence-electron chi connectivity index (χ4n) is 4.29. The lowest BCUT2D eigenvalue weighted by Crippen LogP contribution is -2.36. The quantitative estimate of drug-likeness (QED) is 0.450. The minimum absolute atomic E-state index is 0.143. The highest BCUT2D eigenvalue weighted by Crippen LogP contribution is 2.26. The number of ether oxygens (including phenoxy) is 1. The highest BCUT2D eigenvalue weighted by Gasteiger charge is 2.38. The third kappa shape index (κ3) is 4.13. The predicted octanol–water partition coefficient (Wildman–Crippen LogP) is 3.94. The Bertz CT molecular complexity index is 1300. The molecule has 1 fully saturated rings. The number of amides is 3. The van der Waals surface area contributed by atoms with Gasteiger partial charge in [0.05, 0.1) is 23.8 Å². The average Bonchev–Trinajstić information content (AvgIpc) is 3.47. The zero-order chi connectivity index (χ0) is 23.7. The van der Waals surface area contributed by atoms with E-state index in [2.05, 4.69) is 5.32 Å². The van der Waals surface area contributed by atoms with Crippen molar-refractivity contribution in [3.05, 3.63) is 101 Å². The molecule has 7 nitrogen and oxygen atoms in total. The molecule has 34 heavy (non-hydrogen) atoms. The molecule has 3 aromatic carbocycles. The van der Waals surface area contributed by atoms with E-state index in [0.29, 0.717) is 23.4 Å². The van der Waals surface area contributed by atoms with Crippen LogP contribution in [0.4, 0.5) is 5.69 Å². The van der Waals surface area contributed by atoms with E-state index in [1.54, 1.807) is 48.5 Å². The number of rotatable bonds is 6. The number of hydrogen-bond donors (Lipinski definition) is 1. The van der Waals surface area contributed by atoms with Gasteiger partial charge in [0.15, 0.2) is 5.78 Å². The SMILES string of the molecule is O=C(Nc1cccc(C(=O)c2ccccc2)c1)c1ccc2c(c1)C(=O)N(CC1CCCO1)C2=O. The summed E-state index contributed by atoms with van der Waals surface area (Å²) >= 11 is 0. The maximum Gasteiger partial charge on any atom is 0.261 e. The van der Waals surface area contributed by atoms with Gasteiger partial charge in [-0.2, -0.15) is 0 Å². The molecule has 1 saturated heterocycles. The number of benzene rings is 3. The first-order chi connectivity index (χ1) is 16.5. The van der Waals surface area contributed by atoms with Crippen LogP contribution in [0.15, 0.2) is 72.8 Å². The fourth-order valence-corrected chi connectivity index (χ4v) is 4.29. The summed E-state index contributed by atoms with van der Waals surface area (Å²) in [6.45, 7) is 0.854. The Morgan fingerprint density at radius 2 is 1.62 bits per heavy atom. The predicted molar refractivity (Wildman–Crippen MR) is 125 cm³/mol. The molecule has 2 heterocycles. The summed E-state index contributed by atoms with van der Waals surface area (Å²) in [6.07, 6.45) is 1.58. The molecule has 0 aromatic heterocycles. The van der Waals surface area contributed by atoms with Gasteiger partial charge in [-0.3, -0.25) is 24.1 Å². The Kier molecular flexibility index (Phi) is 5.77. The largest absolute Gasteiger partial charge is 0.376 e. The van der Waals surface area contributed by atoms with Crippen LogP contribution < -0.4 is 5.32 Å². The van der Waals surface area contributed by atoms with Gasteiger partial charge in [0.25, 0.3) is 17.7 Å². The molecular formula is C27H22N2O5.